The van der Waals surface area contributed by atoms with Crippen LogP contribution in [0.25, 0.3) is 0 Å². The summed E-state index contributed by atoms with van der Waals surface area (Å²) in [6, 6.07) is 22.1. The number of aliphatic hydroxyl groups is 2. The molecule has 2 saturated carbocycles. The predicted molar refractivity (Wildman–Crippen MR) is 435 cm³/mol. The maximum absolute atomic E-state index is 13.9. The number of piperidine rings is 2. The number of amides is 4. The van der Waals surface area contributed by atoms with E-state index >= 15 is 0 Å². The van der Waals surface area contributed by atoms with Crippen LogP contribution in [0.2, 0.25) is 10.0 Å². The van der Waals surface area contributed by atoms with E-state index < -0.39 is 66.4 Å². The highest BCUT2D eigenvalue weighted by atomic mass is 35.5. The van der Waals surface area contributed by atoms with E-state index in [2.05, 4.69) is 70.5 Å². The fourth-order valence-corrected chi connectivity index (χ4v) is 21.1. The first-order chi connectivity index (χ1) is 53.8. The zero-order valence-corrected chi connectivity index (χ0v) is 68.3. The van der Waals surface area contributed by atoms with Gasteiger partial charge >= 0.3 is 11.9 Å². The number of aliphatic hydroxyl groups excluding tert-OH is 2. The fraction of sp³-hybridized carbons (Fsp3) is 0.558. The number of hydrogen-bond acceptors (Lipinski definition) is 18. The lowest BCUT2D eigenvalue weighted by Gasteiger charge is -2.45. The average molecular weight is 1620 g/mol. The summed E-state index contributed by atoms with van der Waals surface area (Å²) in [6.45, 7) is 15.8. The molecule has 4 aliphatic carbocycles. The highest BCUT2D eigenvalue weighted by Gasteiger charge is 2.48. The molecule has 4 aliphatic heterocycles. The van der Waals surface area contributed by atoms with Crippen LogP contribution in [0.3, 0.4) is 0 Å². The van der Waals surface area contributed by atoms with Gasteiger partial charge in [-0.2, -0.15) is 0 Å². The van der Waals surface area contributed by atoms with E-state index in [9.17, 15) is 55.8 Å². The van der Waals surface area contributed by atoms with Gasteiger partial charge in [-0.15, -0.1) is 13.2 Å². The van der Waals surface area contributed by atoms with Crippen molar-refractivity contribution in [1.82, 2.24) is 19.2 Å². The summed E-state index contributed by atoms with van der Waals surface area (Å²) in [7, 11) is -6.33. The Balaban J connectivity index is 0.000000221. The standard InChI is InChI=1S/2C43H56ClN3O8S/c2*1-4-6-8-11-37(48)34-16-13-32(34)26-47-27-43(21-9-10-30-24-33(44)15-17-35(30)43)28-55-38-18-14-31(25-36(38)47)40(49)45-56(52,53)39(12-7-5-2)41(50)46-22-19-29(20-23-46)42(51)54-3/h2*5,8,11,14-15,17-18,24-25,29,32,34,37,39,48H,2,4,6-7,9-10,12-13,16,19-23,26-28H2,1,3H3,(H,45,49)/b2*11-8+/t32-,34+,37-,39+,43-;32-,34+,37-,39-,43-/m00/s1. The zero-order chi connectivity index (χ0) is 80.1. The number of benzene rings is 4. The number of methoxy groups -OCH3 is 2. The van der Waals surface area contributed by atoms with Gasteiger partial charge in [0.1, 0.15) is 11.5 Å². The van der Waals surface area contributed by atoms with Gasteiger partial charge in [0.15, 0.2) is 10.5 Å². The van der Waals surface area contributed by atoms with Crippen LogP contribution in [0.15, 0.2) is 122 Å². The number of allylic oxidation sites excluding steroid dienone is 4. The number of anilines is 2. The second kappa shape index (κ2) is 38.1. The smallest absolute Gasteiger partial charge is 0.308 e. The Labute approximate surface area is 671 Å². The van der Waals surface area contributed by atoms with E-state index in [1.165, 1.54) is 46.3 Å². The molecule has 2 saturated heterocycles. The number of esters is 2. The second-order valence-corrected chi connectivity index (χ2v) is 36.5. The predicted octanol–water partition coefficient (Wildman–Crippen LogP) is 12.7. The minimum absolute atomic E-state index is 0.0511. The molecule has 26 heteroatoms. The molecular formula is C86H112Cl2N6O16S2. The van der Waals surface area contributed by atoms with Crippen LogP contribution >= 0.6 is 23.2 Å². The Kier molecular flexibility index (Phi) is 29.0. The van der Waals surface area contributed by atoms with Crippen LogP contribution in [-0.4, -0.2) is 175 Å². The molecule has 12 rings (SSSR count). The van der Waals surface area contributed by atoms with Crippen LogP contribution in [0.4, 0.5) is 11.4 Å². The van der Waals surface area contributed by atoms with E-state index in [1.807, 2.05) is 36.4 Å². The van der Waals surface area contributed by atoms with Crippen molar-refractivity contribution < 1.29 is 74.8 Å². The fourth-order valence-electron chi connectivity index (χ4n) is 18.0. The summed E-state index contributed by atoms with van der Waals surface area (Å²) >= 11 is 12.9. The molecule has 4 heterocycles. The van der Waals surface area contributed by atoms with E-state index in [-0.39, 0.29) is 121 Å². The number of halogens is 2. The van der Waals surface area contributed by atoms with Crippen LogP contribution in [0.5, 0.6) is 11.5 Å². The first-order valence-electron chi connectivity index (χ1n) is 40.2. The van der Waals surface area contributed by atoms with E-state index in [0.29, 0.717) is 98.0 Å². The summed E-state index contributed by atoms with van der Waals surface area (Å²) in [4.78, 5) is 86.8. The number of unbranched alkanes of at least 4 members (excludes halogenated alkanes) is 2. The van der Waals surface area contributed by atoms with Crippen molar-refractivity contribution in [3.8, 4) is 11.5 Å². The third-order valence-corrected chi connectivity index (χ3v) is 28.4. The molecule has 8 aliphatic rings. The molecule has 2 spiro atoms. The van der Waals surface area contributed by atoms with Crippen molar-refractivity contribution in [2.45, 2.75) is 189 Å². The normalized spacial score (nSPS) is 23.6. The molecule has 10 atom stereocenters. The zero-order valence-electron chi connectivity index (χ0n) is 65.2. The third kappa shape index (κ3) is 19.8. The largest absolute Gasteiger partial charge is 0.490 e. The maximum Gasteiger partial charge on any atom is 0.308 e. The summed E-state index contributed by atoms with van der Waals surface area (Å²) < 4.78 is 83.0. The Bertz CT molecular complexity index is 4100. The molecular weight excluding hydrogens is 1510 g/mol. The molecule has 0 unspecified atom stereocenters. The quantitative estimate of drug-likeness (QED) is 0.0304. The van der Waals surface area contributed by atoms with Crippen molar-refractivity contribution in [2.24, 2.45) is 35.5 Å². The van der Waals surface area contributed by atoms with E-state index in [4.69, 9.17) is 42.1 Å². The number of carbonyl (C=O) groups excluding carboxylic acids is 6. The second-order valence-electron chi connectivity index (χ2n) is 31.9. The lowest BCUT2D eigenvalue weighted by Crippen LogP contribution is -2.51. The number of nitrogens with zero attached hydrogens (tertiary/aromatic N) is 4. The topological polar surface area (TPSA) is 285 Å². The number of aryl methyl sites for hydroxylation is 2. The van der Waals surface area contributed by atoms with Crippen LogP contribution < -0.4 is 28.7 Å². The van der Waals surface area contributed by atoms with Crippen LogP contribution in [0, 0.1) is 35.5 Å². The number of hydrogen-bond donors (Lipinski definition) is 4. The molecule has 4 aromatic carbocycles. The number of rotatable bonds is 28. The van der Waals surface area contributed by atoms with Gasteiger partial charge in [0, 0.05) is 84.4 Å². The van der Waals surface area contributed by atoms with Crippen molar-refractivity contribution in [3.05, 3.63) is 166 Å². The number of sulfonamides is 2. The van der Waals surface area contributed by atoms with Gasteiger partial charge in [-0.25, -0.2) is 26.3 Å². The van der Waals surface area contributed by atoms with Gasteiger partial charge in [0.05, 0.1) is 62.9 Å². The molecule has 4 aromatic rings. The van der Waals surface area contributed by atoms with Crippen molar-refractivity contribution >= 4 is 90.2 Å². The molecule has 112 heavy (non-hydrogen) atoms. The monoisotopic (exact) mass is 1620 g/mol. The highest BCUT2D eigenvalue weighted by molar-refractivity contribution is 7.91. The summed E-state index contributed by atoms with van der Waals surface area (Å²) in [5.74, 6) is -2.56. The Morgan fingerprint density at radius 1 is 0.562 bits per heavy atom. The molecule has 0 bridgehead atoms. The minimum atomic E-state index is -4.49. The van der Waals surface area contributed by atoms with Gasteiger partial charge in [-0.3, -0.25) is 28.8 Å². The number of ether oxygens (including phenoxy) is 4. The molecule has 0 radical (unpaired) electrons. The Morgan fingerprint density at radius 2 is 0.955 bits per heavy atom. The molecule has 0 aromatic heterocycles. The summed E-state index contributed by atoms with van der Waals surface area (Å²) in [5, 5.41) is 20.6. The SMILES string of the molecule is C=CCC[C@@H](C(=O)N1CCC(C(=O)OC)CC1)S(=O)(=O)NC(=O)c1ccc2c(c1)N(C[C@@H]1CC[C@H]1[C@@H](O)/C=C/CCC)C[C@@]1(CCCc3cc(Cl)ccc31)CO2.C=CCC[C@H](C(=O)N1CCC(C(=O)OC)CC1)S(=O)(=O)NC(=O)c1ccc2c(c1)N(C[C@@H]1CC[C@H]1[C@@H](O)/C=C/CCC)C[C@@]1(CCCc3cc(Cl)ccc31)CO2. The van der Waals surface area contributed by atoms with E-state index in [1.54, 1.807) is 48.6 Å². The van der Waals surface area contributed by atoms with E-state index in [0.717, 1.165) is 89.9 Å². The van der Waals surface area contributed by atoms with Crippen molar-refractivity contribution in [3.63, 3.8) is 0 Å². The van der Waals surface area contributed by atoms with Gasteiger partial charge in [0.25, 0.3) is 11.8 Å². The van der Waals surface area contributed by atoms with Crippen LogP contribution in [-0.2, 0) is 72.4 Å². The summed E-state index contributed by atoms with van der Waals surface area (Å²) in [6.07, 6.45) is 24.9. The maximum atomic E-state index is 13.9. The van der Waals surface area contributed by atoms with Crippen molar-refractivity contribution in [1.29, 1.82) is 0 Å². The first-order valence-corrected chi connectivity index (χ1v) is 44.0. The van der Waals surface area contributed by atoms with Gasteiger partial charge in [-0.05, 0) is 235 Å². The summed E-state index contributed by atoms with van der Waals surface area (Å²) in [5.41, 5.74) is 5.70. The van der Waals surface area contributed by atoms with Crippen LogP contribution in [0.1, 0.15) is 185 Å². The molecule has 4 fully saturated rings. The van der Waals surface area contributed by atoms with Gasteiger partial charge < -0.3 is 48.8 Å². The number of likely N-dealkylation sites (tertiary alicyclic amines) is 2. The minimum Gasteiger partial charge on any atom is -0.490 e. The lowest BCUT2D eigenvalue weighted by atomic mass is 9.68. The Morgan fingerprint density at radius 3 is 1.30 bits per heavy atom. The number of fused-ring (bicyclic) bond motifs is 6. The van der Waals surface area contributed by atoms with Gasteiger partial charge in [-0.1, -0.05) is 98.5 Å². The van der Waals surface area contributed by atoms with Crippen molar-refractivity contribution in [2.75, 3.05) is 89.6 Å². The Hall–Kier alpha value is -7.74. The highest BCUT2D eigenvalue weighted by Crippen LogP contribution is 2.50. The molecule has 4 N–H and O–H groups in total. The lowest BCUT2D eigenvalue weighted by molar-refractivity contribution is -0.149. The number of carbonyl (C=O) groups is 6. The molecule has 4 amide bonds. The number of nitrogens with one attached hydrogen (secondary N) is 2. The third-order valence-electron chi connectivity index (χ3n) is 24.6. The molecule has 22 nitrogen and oxygen atoms in total. The molecule has 608 valence electrons. The van der Waals surface area contributed by atoms with Gasteiger partial charge in [0.2, 0.25) is 31.9 Å². The first kappa shape index (κ1) is 85.2. The average Bonchev–Trinajstić information content (AvgIpc) is 1.71.